The number of benzene rings is 2. The van der Waals surface area contributed by atoms with E-state index < -0.39 is 18.5 Å². The van der Waals surface area contributed by atoms with Gasteiger partial charge in [-0.2, -0.15) is 0 Å². The van der Waals surface area contributed by atoms with Crippen molar-refractivity contribution in [3.63, 3.8) is 0 Å². The molecule has 0 radical (unpaired) electrons. The summed E-state index contributed by atoms with van der Waals surface area (Å²) in [5.41, 5.74) is 2.73. The highest BCUT2D eigenvalue weighted by Gasteiger charge is 2.61. The number of hydrogen-bond acceptors (Lipinski definition) is 5. The highest BCUT2D eigenvalue weighted by molar-refractivity contribution is 7.67. The van der Waals surface area contributed by atoms with E-state index in [2.05, 4.69) is 0 Å². The Morgan fingerprint density at radius 2 is 1.39 bits per heavy atom. The molecule has 31 heavy (non-hydrogen) atoms. The number of rotatable bonds is 7. The quantitative estimate of drug-likeness (QED) is 0.379. The van der Waals surface area contributed by atoms with Crippen LogP contribution >= 0.6 is 7.80 Å². The van der Waals surface area contributed by atoms with Crippen molar-refractivity contribution in [2.45, 2.75) is 58.0 Å². The van der Waals surface area contributed by atoms with E-state index in [-0.39, 0.29) is 11.3 Å². The average Bonchev–Trinajstić information content (AvgIpc) is 2.77. The fraction of sp³-hybridized carbons (Fsp3) is 0.440. The van der Waals surface area contributed by atoms with Gasteiger partial charge in [-0.3, -0.25) is 4.79 Å². The van der Waals surface area contributed by atoms with Gasteiger partial charge in [0.15, 0.2) is 0 Å². The summed E-state index contributed by atoms with van der Waals surface area (Å²) in [4.78, 5) is 27.5. The molecule has 1 fully saturated rings. The third-order valence-corrected chi connectivity index (χ3v) is 8.27. The van der Waals surface area contributed by atoms with Gasteiger partial charge in [-0.1, -0.05) is 29.2 Å². The lowest BCUT2D eigenvalue weighted by atomic mass is 9.82. The fourth-order valence-electron chi connectivity index (χ4n) is 4.61. The number of hydrogen-bond donors (Lipinski definition) is 0. The Bertz CT molecular complexity index is 989. The van der Waals surface area contributed by atoms with Gasteiger partial charge in [-0.15, -0.1) is 0 Å². The summed E-state index contributed by atoms with van der Waals surface area (Å²) in [6.45, 7) is 5.57. The molecule has 1 aliphatic rings. The number of ether oxygens (including phenoxy) is 2. The van der Waals surface area contributed by atoms with Crippen LogP contribution in [0.15, 0.2) is 30.3 Å². The van der Waals surface area contributed by atoms with Crippen LogP contribution in [0.3, 0.4) is 0 Å². The zero-order chi connectivity index (χ0) is 22.8. The highest BCUT2D eigenvalue weighted by atomic mass is 31.1. The lowest BCUT2D eigenvalue weighted by Gasteiger charge is -2.27. The molecule has 6 heteroatoms. The van der Waals surface area contributed by atoms with Crippen molar-refractivity contribution in [1.29, 1.82) is 0 Å². The topological polar surface area (TPSA) is 69.7 Å². The molecular formula is C25H30O5P+. The molecule has 3 rings (SSSR count). The molecule has 0 bridgehead atoms. The van der Waals surface area contributed by atoms with Crippen molar-refractivity contribution in [2.75, 3.05) is 14.2 Å². The standard InChI is InChI=1S/C25H30O5P/c1-16-14-19(29-4)22(20(15-16)30-5)23(26)25(12-7-6-8-13-25)31(28)24(27)21-17(2)10-9-11-18(21)3/h9-11,14-15H,6-8,12-13H2,1-5H3/q+1. The monoisotopic (exact) mass is 441 g/mol. The Labute approximate surface area is 184 Å². The second-order valence-electron chi connectivity index (χ2n) is 8.33. The second-order valence-corrected chi connectivity index (χ2v) is 10.2. The SMILES string of the molecule is COc1cc(C)cc(OC)c1C(=O)C1([P+](=O)C(=O)c2c(C)cccc2C)CCCCC1. The van der Waals surface area contributed by atoms with Crippen LogP contribution in [0.2, 0.25) is 0 Å². The Morgan fingerprint density at radius 3 is 1.87 bits per heavy atom. The Morgan fingerprint density at radius 1 is 0.871 bits per heavy atom. The van der Waals surface area contributed by atoms with Crippen molar-refractivity contribution >= 4 is 19.1 Å². The first-order valence-electron chi connectivity index (χ1n) is 10.6. The van der Waals surface area contributed by atoms with E-state index in [0.717, 1.165) is 36.0 Å². The Hall–Kier alpha value is -2.52. The van der Waals surface area contributed by atoms with E-state index in [0.29, 0.717) is 29.9 Å². The first kappa shape index (κ1) is 23.1. The lowest BCUT2D eigenvalue weighted by molar-refractivity contribution is 0.0897. The van der Waals surface area contributed by atoms with Crippen LogP contribution < -0.4 is 9.47 Å². The van der Waals surface area contributed by atoms with Gasteiger partial charge in [-0.25, -0.2) is 4.79 Å². The van der Waals surface area contributed by atoms with Crippen molar-refractivity contribution < 1.29 is 23.6 Å². The molecule has 164 valence electrons. The fourth-order valence-corrected chi connectivity index (χ4v) is 6.57. The van der Waals surface area contributed by atoms with E-state index in [1.54, 1.807) is 12.1 Å². The smallest absolute Gasteiger partial charge is 0.434 e. The summed E-state index contributed by atoms with van der Waals surface area (Å²) in [5.74, 6) is 0.450. The van der Waals surface area contributed by atoms with Gasteiger partial charge >= 0.3 is 13.3 Å². The zero-order valence-electron chi connectivity index (χ0n) is 18.9. The van der Waals surface area contributed by atoms with Crippen LogP contribution in [0.4, 0.5) is 0 Å². The van der Waals surface area contributed by atoms with Crippen LogP contribution in [-0.2, 0) is 4.57 Å². The molecule has 1 aliphatic carbocycles. The molecule has 5 nitrogen and oxygen atoms in total. The van der Waals surface area contributed by atoms with Crippen LogP contribution in [0.1, 0.15) is 69.5 Å². The summed E-state index contributed by atoms with van der Waals surface area (Å²) in [5, 5.41) is -1.25. The lowest BCUT2D eigenvalue weighted by Crippen LogP contribution is -2.39. The summed E-state index contributed by atoms with van der Waals surface area (Å²) in [6.07, 6.45) is 3.29. The maximum Gasteiger partial charge on any atom is 0.434 e. The van der Waals surface area contributed by atoms with E-state index >= 15 is 0 Å². The largest absolute Gasteiger partial charge is 0.496 e. The zero-order valence-corrected chi connectivity index (χ0v) is 19.8. The predicted octanol–water partition coefficient (Wildman–Crippen LogP) is 6.18. The first-order valence-corrected chi connectivity index (χ1v) is 11.9. The van der Waals surface area contributed by atoms with Gasteiger partial charge in [0.25, 0.3) is 0 Å². The highest BCUT2D eigenvalue weighted by Crippen LogP contribution is 2.54. The minimum atomic E-state index is -2.51. The Kier molecular flexibility index (Phi) is 6.96. The second kappa shape index (κ2) is 9.32. The molecule has 1 unspecified atom stereocenters. The van der Waals surface area contributed by atoms with Gasteiger partial charge in [0.05, 0.1) is 19.8 Å². The van der Waals surface area contributed by atoms with Gasteiger partial charge in [-0.05, 0) is 62.4 Å². The van der Waals surface area contributed by atoms with E-state index in [1.165, 1.54) is 14.2 Å². The molecule has 0 aromatic heterocycles. The Balaban J connectivity index is 2.15. The predicted molar refractivity (Wildman–Crippen MR) is 122 cm³/mol. The molecule has 1 saturated carbocycles. The van der Waals surface area contributed by atoms with Crippen molar-refractivity contribution in [1.82, 2.24) is 0 Å². The molecule has 0 saturated heterocycles. The minimum Gasteiger partial charge on any atom is -0.496 e. The van der Waals surface area contributed by atoms with E-state index in [1.807, 2.05) is 39.0 Å². The van der Waals surface area contributed by atoms with Gasteiger partial charge in [0.1, 0.15) is 17.1 Å². The number of aryl methyl sites for hydroxylation is 3. The summed E-state index contributed by atoms with van der Waals surface area (Å²) < 4.78 is 24.9. The molecule has 0 amide bonds. The van der Waals surface area contributed by atoms with E-state index in [9.17, 15) is 14.2 Å². The third kappa shape index (κ3) is 4.16. The van der Waals surface area contributed by atoms with Gasteiger partial charge < -0.3 is 9.47 Å². The van der Waals surface area contributed by atoms with Gasteiger partial charge in [0, 0.05) is 12.8 Å². The van der Waals surface area contributed by atoms with Crippen molar-refractivity contribution in [2.24, 2.45) is 0 Å². The van der Waals surface area contributed by atoms with Crippen LogP contribution in [0, 0.1) is 20.8 Å². The van der Waals surface area contributed by atoms with Crippen LogP contribution in [0.25, 0.3) is 0 Å². The van der Waals surface area contributed by atoms with Crippen molar-refractivity contribution in [3.05, 3.63) is 58.1 Å². The molecule has 0 aliphatic heterocycles. The van der Waals surface area contributed by atoms with Crippen molar-refractivity contribution in [3.8, 4) is 11.5 Å². The summed E-state index contributed by atoms with van der Waals surface area (Å²) in [7, 11) is 0.493. The molecule has 2 aromatic rings. The molecular weight excluding hydrogens is 411 g/mol. The van der Waals surface area contributed by atoms with Gasteiger partial charge in [0.2, 0.25) is 10.9 Å². The number of carbonyl (C=O) groups is 2. The normalized spacial score (nSPS) is 15.8. The number of carbonyl (C=O) groups excluding carboxylic acids is 2. The minimum absolute atomic E-state index is 0.273. The maximum absolute atomic E-state index is 14.0. The van der Waals surface area contributed by atoms with E-state index in [4.69, 9.17) is 9.47 Å². The average molecular weight is 441 g/mol. The maximum atomic E-state index is 14.0. The molecule has 0 spiro atoms. The third-order valence-electron chi connectivity index (χ3n) is 6.25. The summed E-state index contributed by atoms with van der Waals surface area (Å²) in [6, 6.07) is 9.09. The summed E-state index contributed by atoms with van der Waals surface area (Å²) >= 11 is 0. The molecule has 0 heterocycles. The molecule has 0 N–H and O–H groups in total. The first-order chi connectivity index (χ1) is 14.8. The number of ketones is 1. The number of Topliss-reactive ketones (excluding diaryl/α,β-unsaturated/α-hetero) is 1. The van der Waals surface area contributed by atoms with Crippen LogP contribution in [0.5, 0.6) is 11.5 Å². The molecule has 1 atom stereocenters. The number of methoxy groups -OCH3 is 2. The van der Waals surface area contributed by atoms with Crippen LogP contribution in [-0.4, -0.2) is 30.7 Å². The molecule has 2 aromatic carbocycles.